The van der Waals surface area contributed by atoms with Gasteiger partial charge in [0.15, 0.2) is 5.82 Å². The first-order chi connectivity index (χ1) is 7.66. The van der Waals surface area contributed by atoms with E-state index < -0.39 is 5.91 Å². The first-order valence-corrected chi connectivity index (χ1v) is 5.46. The molecule has 0 fully saturated rings. The third kappa shape index (κ3) is 2.12. The summed E-state index contributed by atoms with van der Waals surface area (Å²) in [6.45, 7) is 0. The SMILES string of the molecule is NC(=O)c1ccc(N)c(Nc2ccsc2)n1. The van der Waals surface area contributed by atoms with Gasteiger partial charge in [0.25, 0.3) is 5.91 Å². The van der Waals surface area contributed by atoms with Crippen molar-refractivity contribution in [1.29, 1.82) is 0 Å². The summed E-state index contributed by atoms with van der Waals surface area (Å²) in [7, 11) is 0. The molecule has 0 unspecified atom stereocenters. The maximum atomic E-state index is 11.0. The number of hydrogen-bond donors (Lipinski definition) is 3. The summed E-state index contributed by atoms with van der Waals surface area (Å²) in [6, 6.07) is 4.99. The number of amides is 1. The lowest BCUT2D eigenvalue weighted by molar-refractivity contribution is 0.0996. The molecule has 2 rings (SSSR count). The molecule has 0 radical (unpaired) electrons. The topological polar surface area (TPSA) is 94.0 Å². The minimum absolute atomic E-state index is 0.187. The lowest BCUT2D eigenvalue weighted by Gasteiger charge is -2.07. The zero-order valence-electron chi connectivity index (χ0n) is 8.31. The van der Waals surface area contributed by atoms with Gasteiger partial charge >= 0.3 is 0 Å². The van der Waals surface area contributed by atoms with Crippen LogP contribution in [0.3, 0.4) is 0 Å². The number of aromatic nitrogens is 1. The zero-order valence-corrected chi connectivity index (χ0v) is 9.12. The van der Waals surface area contributed by atoms with Gasteiger partial charge in [-0.05, 0) is 23.6 Å². The van der Waals surface area contributed by atoms with Gasteiger partial charge in [-0.15, -0.1) is 0 Å². The van der Waals surface area contributed by atoms with Crippen LogP contribution in [0, 0.1) is 0 Å². The van der Waals surface area contributed by atoms with E-state index in [2.05, 4.69) is 10.3 Å². The summed E-state index contributed by atoms with van der Waals surface area (Å²) in [5, 5.41) is 6.86. The minimum atomic E-state index is -0.576. The van der Waals surface area contributed by atoms with Gasteiger partial charge in [-0.1, -0.05) is 0 Å². The number of pyridine rings is 1. The average molecular weight is 234 g/mol. The number of nitrogen functional groups attached to an aromatic ring is 1. The summed E-state index contributed by atoms with van der Waals surface area (Å²) >= 11 is 1.55. The van der Waals surface area contributed by atoms with E-state index in [1.807, 2.05) is 16.8 Å². The molecule has 0 saturated heterocycles. The molecule has 2 heterocycles. The second-order valence-corrected chi connectivity index (χ2v) is 3.92. The van der Waals surface area contributed by atoms with Crippen molar-refractivity contribution in [1.82, 2.24) is 4.98 Å². The molecule has 2 aromatic rings. The molecule has 82 valence electrons. The molecule has 0 aliphatic carbocycles. The van der Waals surface area contributed by atoms with Gasteiger partial charge in [0, 0.05) is 5.38 Å². The Labute approximate surface area is 96.1 Å². The van der Waals surface area contributed by atoms with E-state index >= 15 is 0 Å². The third-order valence-corrected chi connectivity index (χ3v) is 2.65. The van der Waals surface area contributed by atoms with E-state index in [0.29, 0.717) is 11.5 Å². The number of hydrogen-bond acceptors (Lipinski definition) is 5. The van der Waals surface area contributed by atoms with Crippen LogP contribution in [-0.2, 0) is 0 Å². The van der Waals surface area contributed by atoms with E-state index in [4.69, 9.17) is 11.5 Å². The van der Waals surface area contributed by atoms with E-state index in [-0.39, 0.29) is 5.69 Å². The molecule has 0 spiro atoms. The number of carbonyl (C=O) groups is 1. The van der Waals surface area contributed by atoms with Crippen molar-refractivity contribution in [2.75, 3.05) is 11.1 Å². The van der Waals surface area contributed by atoms with E-state index in [1.165, 1.54) is 6.07 Å². The number of nitrogens with two attached hydrogens (primary N) is 2. The van der Waals surface area contributed by atoms with Gasteiger partial charge in [-0.3, -0.25) is 4.79 Å². The maximum Gasteiger partial charge on any atom is 0.267 e. The van der Waals surface area contributed by atoms with Crippen molar-refractivity contribution >= 4 is 34.4 Å². The summed E-state index contributed by atoms with van der Waals surface area (Å²) in [4.78, 5) is 15.0. The Balaban J connectivity index is 2.32. The van der Waals surface area contributed by atoms with Gasteiger partial charge in [0.1, 0.15) is 5.69 Å². The van der Waals surface area contributed by atoms with Gasteiger partial charge in [0.05, 0.1) is 11.4 Å². The molecule has 2 aromatic heterocycles. The fraction of sp³-hybridized carbons (Fsp3) is 0. The van der Waals surface area contributed by atoms with Gasteiger partial charge in [0.2, 0.25) is 0 Å². The molecule has 0 saturated carbocycles. The molecule has 0 aliphatic heterocycles. The number of nitrogens with zero attached hydrogens (tertiary/aromatic N) is 1. The van der Waals surface area contributed by atoms with Crippen LogP contribution >= 0.6 is 11.3 Å². The molecule has 6 heteroatoms. The molecular weight excluding hydrogens is 224 g/mol. The molecule has 5 N–H and O–H groups in total. The van der Waals surface area contributed by atoms with Crippen molar-refractivity contribution in [3.8, 4) is 0 Å². The lowest BCUT2D eigenvalue weighted by Crippen LogP contribution is -2.14. The zero-order chi connectivity index (χ0) is 11.5. The summed E-state index contributed by atoms with van der Waals surface area (Å²) in [5.41, 5.74) is 12.4. The average Bonchev–Trinajstić information content (AvgIpc) is 2.73. The smallest absolute Gasteiger partial charge is 0.267 e. The highest BCUT2D eigenvalue weighted by atomic mass is 32.1. The molecular formula is C10H10N4OS. The Kier molecular flexibility index (Phi) is 2.74. The number of primary amides is 1. The summed E-state index contributed by atoms with van der Waals surface area (Å²) < 4.78 is 0. The summed E-state index contributed by atoms with van der Waals surface area (Å²) in [5.74, 6) is -0.136. The van der Waals surface area contributed by atoms with E-state index in [0.717, 1.165) is 5.69 Å². The Hall–Kier alpha value is -2.08. The van der Waals surface area contributed by atoms with Crippen molar-refractivity contribution in [3.63, 3.8) is 0 Å². The van der Waals surface area contributed by atoms with Gasteiger partial charge in [-0.2, -0.15) is 11.3 Å². The van der Waals surface area contributed by atoms with Crippen molar-refractivity contribution in [2.45, 2.75) is 0 Å². The maximum absolute atomic E-state index is 11.0. The first kappa shape index (κ1) is 10.4. The predicted molar refractivity (Wildman–Crippen MR) is 64.8 cm³/mol. The Morgan fingerprint density at radius 1 is 1.38 bits per heavy atom. The molecule has 1 amide bonds. The highest BCUT2D eigenvalue weighted by molar-refractivity contribution is 7.08. The largest absolute Gasteiger partial charge is 0.396 e. The quantitative estimate of drug-likeness (QED) is 0.751. The van der Waals surface area contributed by atoms with Crippen LogP contribution in [-0.4, -0.2) is 10.9 Å². The van der Waals surface area contributed by atoms with Crippen LogP contribution in [0.4, 0.5) is 17.2 Å². The van der Waals surface area contributed by atoms with Gasteiger partial charge < -0.3 is 16.8 Å². The Morgan fingerprint density at radius 2 is 2.19 bits per heavy atom. The molecule has 0 atom stereocenters. The summed E-state index contributed by atoms with van der Waals surface area (Å²) in [6.07, 6.45) is 0. The van der Waals surface area contributed by atoms with Crippen LogP contribution in [0.5, 0.6) is 0 Å². The van der Waals surface area contributed by atoms with Crippen LogP contribution in [0.25, 0.3) is 0 Å². The molecule has 5 nitrogen and oxygen atoms in total. The number of nitrogens with one attached hydrogen (secondary N) is 1. The van der Waals surface area contributed by atoms with Crippen LogP contribution in [0.1, 0.15) is 10.5 Å². The van der Waals surface area contributed by atoms with Crippen LogP contribution in [0.2, 0.25) is 0 Å². The fourth-order valence-electron chi connectivity index (χ4n) is 1.18. The van der Waals surface area contributed by atoms with Crippen LogP contribution in [0.15, 0.2) is 29.0 Å². The molecule has 0 bridgehead atoms. The Morgan fingerprint density at radius 3 is 2.81 bits per heavy atom. The molecule has 16 heavy (non-hydrogen) atoms. The third-order valence-electron chi connectivity index (χ3n) is 1.96. The number of anilines is 3. The first-order valence-electron chi connectivity index (χ1n) is 4.52. The van der Waals surface area contributed by atoms with Crippen molar-refractivity contribution in [2.24, 2.45) is 5.73 Å². The van der Waals surface area contributed by atoms with Crippen molar-refractivity contribution in [3.05, 3.63) is 34.7 Å². The molecule has 0 aliphatic rings. The molecule has 0 aromatic carbocycles. The van der Waals surface area contributed by atoms with E-state index in [9.17, 15) is 4.79 Å². The van der Waals surface area contributed by atoms with Crippen molar-refractivity contribution < 1.29 is 4.79 Å². The van der Waals surface area contributed by atoms with E-state index in [1.54, 1.807) is 17.4 Å². The van der Waals surface area contributed by atoms with Gasteiger partial charge in [-0.25, -0.2) is 4.98 Å². The number of rotatable bonds is 3. The number of carbonyl (C=O) groups excluding carboxylic acids is 1. The lowest BCUT2D eigenvalue weighted by atomic mass is 10.3. The second kappa shape index (κ2) is 4.19. The van der Waals surface area contributed by atoms with Crippen LogP contribution < -0.4 is 16.8 Å². The fourth-order valence-corrected chi connectivity index (χ4v) is 1.77. The highest BCUT2D eigenvalue weighted by Gasteiger charge is 2.07. The second-order valence-electron chi connectivity index (χ2n) is 3.14. The standard InChI is InChI=1S/C10H10N4OS/c11-7-1-2-8(9(12)15)14-10(7)13-6-3-4-16-5-6/h1-5H,11H2,(H2,12,15)(H,13,14). The normalized spacial score (nSPS) is 10.0. The number of thiophene rings is 1. The Bertz CT molecular complexity index is 510. The minimum Gasteiger partial charge on any atom is -0.396 e. The predicted octanol–water partition coefficient (Wildman–Crippen LogP) is 1.57. The monoisotopic (exact) mass is 234 g/mol. The highest BCUT2D eigenvalue weighted by Crippen LogP contribution is 2.22.